The van der Waals surface area contributed by atoms with E-state index in [1.54, 1.807) is 0 Å². The van der Waals surface area contributed by atoms with Gasteiger partial charge in [-0.25, -0.2) is 12.1 Å². The van der Waals surface area contributed by atoms with Crippen LogP contribution in [-0.4, -0.2) is 3.21 Å². The smallest absolute Gasteiger partial charge is 0.172 e. The maximum absolute atomic E-state index is 3.67. The van der Waals surface area contributed by atoms with Crippen molar-refractivity contribution in [3.8, 4) is 11.1 Å². The van der Waals surface area contributed by atoms with Gasteiger partial charge in [0.05, 0.1) is 0 Å². The van der Waals surface area contributed by atoms with Crippen molar-refractivity contribution in [2.45, 2.75) is 58.8 Å². The first-order valence-electron chi connectivity index (χ1n) is 14.1. The van der Waals surface area contributed by atoms with Crippen LogP contribution in [0.15, 0.2) is 121 Å². The Hall–Kier alpha value is -2.44. The third kappa shape index (κ3) is 9.54. The van der Waals surface area contributed by atoms with Crippen LogP contribution in [0.3, 0.4) is 0 Å². The van der Waals surface area contributed by atoms with Gasteiger partial charge in [-0.1, -0.05) is 65.3 Å². The monoisotopic (exact) mass is 668 g/mol. The van der Waals surface area contributed by atoms with Crippen LogP contribution in [-0.2, 0) is 41.5 Å². The molecule has 0 aromatic heterocycles. The molecule has 0 amide bonds. The maximum Gasteiger partial charge on any atom is -0.172 e. The molecule has 0 saturated carbocycles. The fraction of sp³-hybridized carbons (Fsp3) is 0.231. The minimum Gasteiger partial charge on any atom is -0.214 e. The number of halogens is 2. The zero-order chi connectivity index (χ0) is 28.8. The van der Waals surface area contributed by atoms with Crippen molar-refractivity contribution in [1.82, 2.24) is 0 Å². The van der Waals surface area contributed by atoms with Gasteiger partial charge in [0.25, 0.3) is 0 Å². The van der Waals surface area contributed by atoms with Crippen LogP contribution >= 0.6 is 0 Å². The van der Waals surface area contributed by atoms with E-state index in [0.717, 1.165) is 6.42 Å². The van der Waals surface area contributed by atoms with Crippen molar-refractivity contribution < 1.29 is 49.0 Å². The summed E-state index contributed by atoms with van der Waals surface area (Å²) in [5.41, 5.74) is 11.4. The van der Waals surface area contributed by atoms with Gasteiger partial charge in [0.15, 0.2) is 0 Å². The quantitative estimate of drug-likeness (QED) is 0.246. The molecule has 5 aromatic rings. The Morgan fingerprint density at radius 3 is 1.62 bits per heavy atom. The fourth-order valence-electron chi connectivity index (χ4n) is 4.72. The van der Waals surface area contributed by atoms with Crippen LogP contribution in [0.4, 0.5) is 0 Å². The first-order chi connectivity index (χ1) is 19.0. The van der Waals surface area contributed by atoms with E-state index in [0.29, 0.717) is 0 Å². The second-order valence-corrected chi connectivity index (χ2v) is 13.6. The van der Waals surface area contributed by atoms with Crippen LogP contribution in [0, 0.1) is 6.07 Å². The Balaban J connectivity index is 0.000000253. The number of hydrogen-bond acceptors (Lipinski definition) is 0. The molecule has 0 aliphatic heterocycles. The normalized spacial score (nSPS) is 11.2. The van der Waals surface area contributed by atoms with Crippen molar-refractivity contribution in [3.05, 3.63) is 161 Å². The van der Waals surface area contributed by atoms with Crippen molar-refractivity contribution in [2.75, 3.05) is 0 Å². The van der Waals surface area contributed by atoms with E-state index in [2.05, 4.69) is 139 Å². The Morgan fingerprint density at radius 2 is 1.17 bits per heavy atom. The van der Waals surface area contributed by atoms with Crippen molar-refractivity contribution in [3.63, 3.8) is 0 Å². The number of hydrogen-bond donors (Lipinski definition) is 0. The predicted molar refractivity (Wildman–Crippen MR) is 169 cm³/mol. The minimum atomic E-state index is 0. The van der Waals surface area contributed by atoms with Crippen molar-refractivity contribution in [2.24, 2.45) is 0 Å². The Morgan fingerprint density at radius 1 is 0.643 bits per heavy atom. The molecule has 1 aliphatic carbocycles. The summed E-state index contributed by atoms with van der Waals surface area (Å²) < 4.78 is 1.42. The van der Waals surface area contributed by atoms with E-state index in [1.165, 1.54) is 71.9 Å². The molecule has 0 unspecified atom stereocenters. The van der Waals surface area contributed by atoms with Gasteiger partial charge in [-0.3, -0.25) is 0 Å². The Kier molecular flexibility index (Phi) is 13.5. The molecular formula is C39H40Cl2Zr-2. The van der Waals surface area contributed by atoms with E-state index >= 15 is 0 Å². The summed E-state index contributed by atoms with van der Waals surface area (Å²) in [4.78, 5) is 0. The summed E-state index contributed by atoms with van der Waals surface area (Å²) in [5.74, 6) is 0. The van der Waals surface area contributed by atoms with Crippen molar-refractivity contribution in [1.29, 1.82) is 0 Å². The molecule has 0 atom stereocenters. The SMILES string of the molecule is CC(C)(C)c1[c-]c2c(cc1)-c1ccc(C(C)(C)C)cc1C2.[Cl-].[Cl-].[Zr+2]=[C](c1ccccc1)c1ccccc1.c1cc[cH-]c1. The van der Waals surface area contributed by atoms with Crippen LogP contribution < -0.4 is 24.8 Å². The van der Waals surface area contributed by atoms with E-state index in [-0.39, 0.29) is 35.6 Å². The topological polar surface area (TPSA) is 0 Å². The molecule has 6 rings (SSSR count). The molecule has 1 aliphatic rings. The third-order valence-electron chi connectivity index (χ3n) is 7.14. The molecule has 0 saturated heterocycles. The number of benzene rings is 4. The Labute approximate surface area is 281 Å². The molecular weight excluding hydrogens is 631 g/mol. The number of rotatable bonds is 2. The molecule has 0 radical (unpaired) electrons. The van der Waals surface area contributed by atoms with Gasteiger partial charge in [0, 0.05) is 0 Å². The molecule has 5 aromatic carbocycles. The summed E-state index contributed by atoms with van der Waals surface area (Å²) in [7, 11) is 0. The zero-order valence-corrected chi connectivity index (χ0v) is 29.5. The third-order valence-corrected chi connectivity index (χ3v) is 8.56. The van der Waals surface area contributed by atoms with Crippen LogP contribution in [0.2, 0.25) is 0 Å². The first-order valence-corrected chi connectivity index (χ1v) is 15.3. The van der Waals surface area contributed by atoms with E-state index in [4.69, 9.17) is 0 Å². The summed E-state index contributed by atoms with van der Waals surface area (Å²) in [5, 5.41) is 0. The second-order valence-electron chi connectivity index (χ2n) is 12.4. The van der Waals surface area contributed by atoms with Crippen molar-refractivity contribution >= 4 is 3.21 Å². The van der Waals surface area contributed by atoms with Gasteiger partial charge in [-0.05, 0) is 28.4 Å². The van der Waals surface area contributed by atoms with Gasteiger partial charge in [-0.15, -0.1) is 11.1 Å². The summed E-state index contributed by atoms with van der Waals surface area (Å²) >= 11 is 1.46. The van der Waals surface area contributed by atoms with Crippen LogP contribution in [0.5, 0.6) is 0 Å². The Bertz CT molecular complexity index is 1400. The van der Waals surface area contributed by atoms with E-state index in [1.807, 2.05) is 30.3 Å². The first kappa shape index (κ1) is 35.8. The summed E-state index contributed by atoms with van der Waals surface area (Å²) in [6, 6.07) is 46.3. The zero-order valence-electron chi connectivity index (χ0n) is 25.5. The van der Waals surface area contributed by atoms with Gasteiger partial charge in [0.1, 0.15) is 0 Å². The van der Waals surface area contributed by atoms with E-state index < -0.39 is 0 Å². The minimum absolute atomic E-state index is 0. The van der Waals surface area contributed by atoms with E-state index in [9.17, 15) is 0 Å². The van der Waals surface area contributed by atoms with Gasteiger partial charge >= 0.3 is 99.2 Å². The average molecular weight is 671 g/mol. The molecule has 0 fully saturated rings. The molecule has 0 N–H and O–H groups in total. The van der Waals surface area contributed by atoms with Crippen LogP contribution in [0.25, 0.3) is 11.1 Å². The molecule has 216 valence electrons. The average Bonchev–Trinajstić information content (AvgIpc) is 3.64. The fourth-order valence-corrected chi connectivity index (χ4v) is 5.54. The standard InChI is InChI=1S/C21H25.C13H10.C5H5.2ClH.Zr/c1-20(2,3)16-7-9-18-14(12-16)11-15-13-17(21(4,5)6)8-10-19(15)18;1-3-7-12(8-4-1)11-13-9-5-2-6-10-13;1-2-4-5-3-1;;;/h7-10,12H,11H2,1-6H3;1-10H;1-5H;2*1H;/q-1;;-1;;;+2/p-2. The van der Waals surface area contributed by atoms with Gasteiger partial charge in [0.2, 0.25) is 0 Å². The van der Waals surface area contributed by atoms with Gasteiger partial charge in [-0.2, -0.15) is 42.0 Å². The largest absolute Gasteiger partial charge is 0.214 e. The summed E-state index contributed by atoms with van der Waals surface area (Å²) in [6.45, 7) is 13.6. The molecule has 0 spiro atoms. The predicted octanol–water partition coefficient (Wildman–Crippen LogP) is 3.87. The molecule has 0 nitrogen and oxygen atoms in total. The summed E-state index contributed by atoms with van der Waals surface area (Å²) in [6.07, 6.45) is 1.03. The van der Waals surface area contributed by atoms with Crippen LogP contribution in [0.1, 0.15) is 74.9 Å². The van der Waals surface area contributed by atoms with Gasteiger partial charge < -0.3 is 24.8 Å². The molecule has 0 bridgehead atoms. The maximum atomic E-state index is 3.67. The molecule has 42 heavy (non-hydrogen) atoms. The molecule has 3 heteroatoms. The molecule has 0 heterocycles. The number of fused-ring (bicyclic) bond motifs is 3. The second kappa shape index (κ2) is 15.9.